The molecule has 4 heteroatoms. The van der Waals surface area contributed by atoms with Gasteiger partial charge in [-0.05, 0) is 12.8 Å². The lowest BCUT2D eigenvalue weighted by atomic mass is 10.3. The zero-order chi connectivity index (χ0) is 9.23. The quantitative estimate of drug-likeness (QED) is 0.283. The maximum atomic E-state index is 9.20. The van der Waals surface area contributed by atoms with E-state index in [1.165, 1.54) is 0 Å². The second-order valence-corrected chi connectivity index (χ2v) is 2.65. The van der Waals surface area contributed by atoms with Gasteiger partial charge in [0.25, 0.3) is 0 Å². The van der Waals surface area contributed by atoms with Gasteiger partial charge in [-0.1, -0.05) is 6.92 Å². The SMILES string of the molecule is [CH2]CCC(O)NCCNCCN. The van der Waals surface area contributed by atoms with Crippen LogP contribution in [0.3, 0.4) is 0 Å². The van der Waals surface area contributed by atoms with E-state index < -0.39 is 6.23 Å². The lowest BCUT2D eigenvalue weighted by molar-refractivity contribution is 0.129. The molecule has 1 unspecified atom stereocenters. The topological polar surface area (TPSA) is 70.3 Å². The number of hydrogen-bond acceptors (Lipinski definition) is 4. The van der Waals surface area contributed by atoms with Crippen molar-refractivity contribution in [2.45, 2.75) is 19.1 Å². The summed E-state index contributed by atoms with van der Waals surface area (Å²) >= 11 is 0. The van der Waals surface area contributed by atoms with Crippen LogP contribution >= 0.6 is 0 Å². The molecule has 0 heterocycles. The minimum atomic E-state index is -0.415. The van der Waals surface area contributed by atoms with Crippen LogP contribution in [-0.4, -0.2) is 37.5 Å². The van der Waals surface area contributed by atoms with Gasteiger partial charge in [0.1, 0.15) is 6.23 Å². The molecule has 0 aliphatic heterocycles. The van der Waals surface area contributed by atoms with Crippen molar-refractivity contribution in [3.8, 4) is 0 Å². The number of aliphatic hydroxyl groups excluding tert-OH is 1. The molecule has 0 aliphatic carbocycles. The molecular weight excluding hydrogens is 154 g/mol. The Balaban J connectivity index is 2.97. The third-order valence-electron chi connectivity index (χ3n) is 1.48. The van der Waals surface area contributed by atoms with E-state index in [1.807, 2.05) is 0 Å². The molecule has 0 saturated heterocycles. The molecule has 12 heavy (non-hydrogen) atoms. The summed E-state index contributed by atoms with van der Waals surface area (Å²) in [4.78, 5) is 0. The molecule has 1 atom stereocenters. The molecule has 0 fully saturated rings. The number of hydrogen-bond donors (Lipinski definition) is 4. The Morgan fingerprint density at radius 1 is 1.33 bits per heavy atom. The van der Waals surface area contributed by atoms with Crippen LogP contribution in [0.15, 0.2) is 0 Å². The molecule has 0 rings (SSSR count). The van der Waals surface area contributed by atoms with Crippen LogP contribution in [0.4, 0.5) is 0 Å². The second-order valence-electron chi connectivity index (χ2n) is 2.65. The zero-order valence-electron chi connectivity index (χ0n) is 7.55. The van der Waals surface area contributed by atoms with Crippen LogP contribution in [0.25, 0.3) is 0 Å². The van der Waals surface area contributed by atoms with Crippen molar-refractivity contribution in [1.29, 1.82) is 0 Å². The highest BCUT2D eigenvalue weighted by Gasteiger charge is 1.98. The van der Waals surface area contributed by atoms with E-state index in [9.17, 15) is 5.11 Å². The van der Waals surface area contributed by atoms with E-state index >= 15 is 0 Å². The van der Waals surface area contributed by atoms with Gasteiger partial charge in [0, 0.05) is 26.2 Å². The fourth-order valence-electron chi connectivity index (χ4n) is 0.850. The molecule has 0 amide bonds. The minimum absolute atomic E-state index is 0.415. The second kappa shape index (κ2) is 8.93. The summed E-state index contributed by atoms with van der Waals surface area (Å²) in [5.41, 5.74) is 5.28. The molecule has 0 bridgehead atoms. The number of nitrogens with one attached hydrogen (secondary N) is 2. The predicted octanol–water partition coefficient (Wildman–Crippen LogP) is -0.943. The first-order chi connectivity index (χ1) is 5.81. The Morgan fingerprint density at radius 2 is 2.08 bits per heavy atom. The van der Waals surface area contributed by atoms with Crippen molar-refractivity contribution in [2.24, 2.45) is 5.73 Å². The largest absolute Gasteiger partial charge is 0.379 e. The summed E-state index contributed by atoms with van der Waals surface area (Å²) in [6, 6.07) is 0. The summed E-state index contributed by atoms with van der Waals surface area (Å²) in [6.45, 7) is 6.74. The van der Waals surface area contributed by atoms with E-state index in [-0.39, 0.29) is 0 Å². The molecule has 73 valence electrons. The lowest BCUT2D eigenvalue weighted by Gasteiger charge is -2.11. The molecular formula is C8H20N3O. The minimum Gasteiger partial charge on any atom is -0.379 e. The Bertz CT molecular complexity index is 90.4. The van der Waals surface area contributed by atoms with Crippen LogP contribution < -0.4 is 16.4 Å². The van der Waals surface area contributed by atoms with E-state index in [1.54, 1.807) is 0 Å². The summed E-state index contributed by atoms with van der Waals surface area (Å²) in [6.07, 6.45) is 1.04. The van der Waals surface area contributed by atoms with Crippen molar-refractivity contribution in [3.05, 3.63) is 6.92 Å². The van der Waals surface area contributed by atoms with E-state index in [0.29, 0.717) is 13.0 Å². The zero-order valence-corrected chi connectivity index (χ0v) is 7.55. The third kappa shape index (κ3) is 7.94. The highest BCUT2D eigenvalue weighted by atomic mass is 16.3. The van der Waals surface area contributed by atoms with Crippen LogP contribution in [0, 0.1) is 6.92 Å². The Kier molecular flexibility index (Phi) is 8.81. The Hall–Kier alpha value is -0.160. The number of rotatable bonds is 8. The van der Waals surface area contributed by atoms with Crippen molar-refractivity contribution >= 4 is 0 Å². The number of aliphatic hydroxyl groups is 1. The van der Waals surface area contributed by atoms with Crippen molar-refractivity contribution in [3.63, 3.8) is 0 Å². The van der Waals surface area contributed by atoms with Gasteiger partial charge in [0.15, 0.2) is 0 Å². The fourth-order valence-corrected chi connectivity index (χ4v) is 0.850. The molecule has 0 aromatic carbocycles. The average Bonchev–Trinajstić information content (AvgIpc) is 2.05. The van der Waals surface area contributed by atoms with Crippen molar-refractivity contribution in [2.75, 3.05) is 26.2 Å². The molecule has 1 radical (unpaired) electrons. The van der Waals surface area contributed by atoms with Crippen LogP contribution in [-0.2, 0) is 0 Å². The Labute approximate surface area is 74.5 Å². The van der Waals surface area contributed by atoms with Gasteiger partial charge in [0.05, 0.1) is 0 Å². The van der Waals surface area contributed by atoms with Crippen LogP contribution in [0.1, 0.15) is 12.8 Å². The van der Waals surface area contributed by atoms with Gasteiger partial charge in [0.2, 0.25) is 0 Å². The van der Waals surface area contributed by atoms with E-state index in [2.05, 4.69) is 17.6 Å². The van der Waals surface area contributed by atoms with Gasteiger partial charge >= 0.3 is 0 Å². The molecule has 0 aliphatic rings. The molecule has 5 N–H and O–H groups in total. The first kappa shape index (κ1) is 11.8. The molecule has 0 saturated carbocycles. The Morgan fingerprint density at radius 3 is 2.67 bits per heavy atom. The van der Waals surface area contributed by atoms with Crippen LogP contribution in [0.5, 0.6) is 0 Å². The lowest BCUT2D eigenvalue weighted by Crippen LogP contribution is -2.36. The first-order valence-electron chi connectivity index (χ1n) is 4.42. The first-order valence-corrected chi connectivity index (χ1v) is 4.42. The highest BCUT2D eigenvalue weighted by Crippen LogP contribution is 1.89. The van der Waals surface area contributed by atoms with Gasteiger partial charge in [-0.3, -0.25) is 5.32 Å². The summed E-state index contributed by atoms with van der Waals surface area (Å²) < 4.78 is 0. The van der Waals surface area contributed by atoms with E-state index in [4.69, 9.17) is 5.73 Å². The van der Waals surface area contributed by atoms with Crippen LogP contribution in [0.2, 0.25) is 0 Å². The van der Waals surface area contributed by atoms with Gasteiger partial charge in [-0.25, -0.2) is 0 Å². The highest BCUT2D eigenvalue weighted by molar-refractivity contribution is 4.56. The summed E-state index contributed by atoms with van der Waals surface area (Å²) in [7, 11) is 0. The van der Waals surface area contributed by atoms with Gasteiger partial charge in [-0.2, -0.15) is 0 Å². The summed E-state index contributed by atoms with van der Waals surface area (Å²) in [5.74, 6) is 0. The maximum absolute atomic E-state index is 9.20. The molecule has 0 aromatic heterocycles. The fraction of sp³-hybridized carbons (Fsp3) is 0.875. The third-order valence-corrected chi connectivity index (χ3v) is 1.48. The molecule has 0 aromatic rings. The monoisotopic (exact) mass is 174 g/mol. The van der Waals surface area contributed by atoms with Crippen molar-refractivity contribution in [1.82, 2.24) is 10.6 Å². The normalized spacial score (nSPS) is 13.2. The van der Waals surface area contributed by atoms with Gasteiger partial charge in [-0.15, -0.1) is 0 Å². The maximum Gasteiger partial charge on any atom is 0.104 e. The predicted molar refractivity (Wildman–Crippen MR) is 50.5 cm³/mol. The van der Waals surface area contributed by atoms with E-state index in [0.717, 1.165) is 26.1 Å². The summed E-state index contributed by atoms with van der Waals surface area (Å²) in [5, 5.41) is 15.3. The number of nitrogens with two attached hydrogens (primary N) is 1. The van der Waals surface area contributed by atoms with Crippen molar-refractivity contribution < 1.29 is 5.11 Å². The standard InChI is InChI=1S/C8H20N3O/c1-2-3-8(12)11-7-6-10-5-4-9/h8,10-12H,1-7,9H2. The molecule has 4 nitrogen and oxygen atoms in total. The smallest absolute Gasteiger partial charge is 0.104 e. The van der Waals surface area contributed by atoms with Gasteiger partial charge < -0.3 is 16.2 Å². The molecule has 0 spiro atoms. The average molecular weight is 174 g/mol.